The number of para-hydroxylation sites is 1. The number of hydrogen-bond acceptors (Lipinski definition) is 3. The minimum atomic E-state index is -0.947. The Morgan fingerprint density at radius 1 is 1.00 bits per heavy atom. The molecule has 3 heteroatoms. The minimum Gasteiger partial charge on any atom is -0.386 e. The Kier molecular flexibility index (Phi) is 3.61. The molecule has 0 aromatic heterocycles. The van der Waals surface area contributed by atoms with E-state index in [0.29, 0.717) is 11.3 Å². The van der Waals surface area contributed by atoms with Crippen LogP contribution in [-0.2, 0) is 10.5 Å². The van der Waals surface area contributed by atoms with Crippen LogP contribution in [-0.4, -0.2) is 10.7 Å². The van der Waals surface area contributed by atoms with Crippen LogP contribution in [0.1, 0.15) is 40.2 Å². The summed E-state index contributed by atoms with van der Waals surface area (Å²) in [6.45, 7) is 9.14. The second-order valence-corrected chi connectivity index (χ2v) is 5.33. The third-order valence-corrected chi connectivity index (χ3v) is 1.93. The van der Waals surface area contributed by atoms with E-state index < -0.39 is 5.60 Å². The molecular formula is C13H20O3. The first-order valence-corrected chi connectivity index (χ1v) is 5.38. The van der Waals surface area contributed by atoms with E-state index in [4.69, 9.17) is 9.78 Å². The van der Waals surface area contributed by atoms with E-state index in [-0.39, 0.29) is 5.60 Å². The molecule has 1 aromatic carbocycles. The maximum Gasteiger partial charge on any atom is 0.171 e. The van der Waals surface area contributed by atoms with Gasteiger partial charge in [0.1, 0.15) is 5.60 Å². The highest BCUT2D eigenvalue weighted by Gasteiger charge is 2.22. The molecule has 0 unspecified atom stereocenters. The average molecular weight is 224 g/mol. The molecule has 0 fully saturated rings. The molecule has 0 radical (unpaired) electrons. The van der Waals surface area contributed by atoms with E-state index in [1.807, 2.05) is 39.0 Å². The van der Waals surface area contributed by atoms with Gasteiger partial charge in [0.15, 0.2) is 5.75 Å². The van der Waals surface area contributed by atoms with Gasteiger partial charge in [-0.25, -0.2) is 0 Å². The molecule has 1 aromatic rings. The molecule has 0 amide bonds. The molecule has 3 nitrogen and oxygen atoms in total. The van der Waals surface area contributed by atoms with E-state index in [2.05, 4.69) is 0 Å². The molecule has 0 atom stereocenters. The maximum absolute atomic E-state index is 9.96. The van der Waals surface area contributed by atoms with Crippen molar-refractivity contribution in [3.05, 3.63) is 29.8 Å². The molecular weight excluding hydrogens is 204 g/mol. The average Bonchev–Trinajstić information content (AvgIpc) is 2.12. The molecule has 1 N–H and O–H groups in total. The fraction of sp³-hybridized carbons (Fsp3) is 0.538. The molecule has 0 saturated carbocycles. The molecule has 1 rings (SSSR count). The third-order valence-electron chi connectivity index (χ3n) is 1.93. The summed E-state index contributed by atoms with van der Waals surface area (Å²) in [5, 5.41) is 9.96. The molecule has 0 spiro atoms. The Morgan fingerprint density at radius 3 is 2.06 bits per heavy atom. The third kappa shape index (κ3) is 3.83. The van der Waals surface area contributed by atoms with Crippen LogP contribution >= 0.6 is 0 Å². The van der Waals surface area contributed by atoms with Gasteiger partial charge in [-0.2, -0.15) is 4.89 Å². The van der Waals surface area contributed by atoms with E-state index in [1.165, 1.54) is 0 Å². The second-order valence-electron chi connectivity index (χ2n) is 5.33. The molecule has 0 bridgehead atoms. The van der Waals surface area contributed by atoms with Crippen LogP contribution in [0.25, 0.3) is 0 Å². The van der Waals surface area contributed by atoms with Gasteiger partial charge in [0.25, 0.3) is 0 Å². The molecule has 0 aliphatic rings. The zero-order chi connectivity index (χ0) is 12.4. The lowest BCUT2D eigenvalue weighted by Gasteiger charge is -2.23. The van der Waals surface area contributed by atoms with Crippen molar-refractivity contribution in [3.8, 4) is 5.75 Å². The lowest BCUT2D eigenvalue weighted by molar-refractivity contribution is -0.275. The molecule has 0 heterocycles. The SMILES string of the molecule is CC(C)(C)OOc1ccccc1C(C)(C)O. The lowest BCUT2D eigenvalue weighted by Crippen LogP contribution is -2.23. The first kappa shape index (κ1) is 13.0. The summed E-state index contributed by atoms with van der Waals surface area (Å²) in [6, 6.07) is 7.30. The van der Waals surface area contributed by atoms with Gasteiger partial charge in [-0.1, -0.05) is 18.2 Å². The van der Waals surface area contributed by atoms with Gasteiger partial charge < -0.3 is 9.99 Å². The normalized spacial score (nSPS) is 12.6. The zero-order valence-corrected chi connectivity index (χ0v) is 10.6. The first-order valence-electron chi connectivity index (χ1n) is 5.38. The highest BCUT2D eigenvalue weighted by atomic mass is 17.2. The second kappa shape index (κ2) is 4.44. The fourth-order valence-electron chi connectivity index (χ4n) is 1.21. The van der Waals surface area contributed by atoms with Crippen LogP contribution in [0.5, 0.6) is 5.75 Å². The van der Waals surface area contributed by atoms with Crippen molar-refractivity contribution in [2.75, 3.05) is 0 Å². The predicted molar refractivity (Wildman–Crippen MR) is 63.2 cm³/mol. The van der Waals surface area contributed by atoms with E-state index >= 15 is 0 Å². The summed E-state index contributed by atoms with van der Waals surface area (Å²) in [5.74, 6) is 0.546. The predicted octanol–water partition coefficient (Wildman–Crippen LogP) is 3.02. The van der Waals surface area contributed by atoms with Gasteiger partial charge >= 0.3 is 0 Å². The van der Waals surface area contributed by atoms with E-state index in [0.717, 1.165) is 0 Å². The van der Waals surface area contributed by atoms with Crippen molar-refractivity contribution in [2.45, 2.75) is 45.8 Å². The highest BCUT2D eigenvalue weighted by Crippen LogP contribution is 2.30. The van der Waals surface area contributed by atoms with Crippen molar-refractivity contribution >= 4 is 0 Å². The quantitative estimate of drug-likeness (QED) is 0.633. The molecule has 16 heavy (non-hydrogen) atoms. The molecule has 0 aliphatic carbocycles. The van der Waals surface area contributed by atoms with Crippen LogP contribution in [0.3, 0.4) is 0 Å². The van der Waals surface area contributed by atoms with Crippen LogP contribution in [0.4, 0.5) is 0 Å². The lowest BCUT2D eigenvalue weighted by atomic mass is 9.98. The summed E-state index contributed by atoms with van der Waals surface area (Å²) < 4.78 is 0. The summed E-state index contributed by atoms with van der Waals surface area (Å²) in [5.41, 5.74) is -0.621. The standard InChI is InChI=1S/C13H20O3/c1-12(2,3)16-15-11-9-7-6-8-10(11)13(4,5)14/h6-9,14H,1-5H3. The Balaban J connectivity index is 2.88. The Bertz CT molecular complexity index is 345. The van der Waals surface area contributed by atoms with E-state index in [1.54, 1.807) is 19.9 Å². The van der Waals surface area contributed by atoms with Crippen LogP contribution in [0, 0.1) is 0 Å². The smallest absolute Gasteiger partial charge is 0.171 e. The number of rotatable bonds is 3. The largest absolute Gasteiger partial charge is 0.386 e. The summed E-state index contributed by atoms with van der Waals surface area (Å²) in [7, 11) is 0. The summed E-state index contributed by atoms with van der Waals surface area (Å²) in [6.07, 6.45) is 0. The van der Waals surface area contributed by atoms with Gasteiger partial charge in [0.2, 0.25) is 0 Å². The topological polar surface area (TPSA) is 38.7 Å². The van der Waals surface area contributed by atoms with Gasteiger partial charge in [0, 0.05) is 5.56 Å². The minimum absolute atomic E-state index is 0.382. The summed E-state index contributed by atoms with van der Waals surface area (Å²) >= 11 is 0. The number of aliphatic hydroxyl groups is 1. The van der Waals surface area contributed by atoms with Crippen LogP contribution < -0.4 is 4.89 Å². The fourth-order valence-corrected chi connectivity index (χ4v) is 1.21. The van der Waals surface area contributed by atoms with Crippen molar-refractivity contribution in [2.24, 2.45) is 0 Å². The van der Waals surface area contributed by atoms with E-state index in [9.17, 15) is 5.11 Å². The van der Waals surface area contributed by atoms with Gasteiger partial charge in [-0.15, -0.1) is 0 Å². The van der Waals surface area contributed by atoms with Crippen LogP contribution in [0.15, 0.2) is 24.3 Å². The number of benzene rings is 1. The highest BCUT2D eigenvalue weighted by molar-refractivity contribution is 5.36. The van der Waals surface area contributed by atoms with Crippen molar-refractivity contribution in [3.63, 3.8) is 0 Å². The van der Waals surface area contributed by atoms with Gasteiger partial charge in [0.05, 0.1) is 5.60 Å². The zero-order valence-electron chi connectivity index (χ0n) is 10.6. The Labute approximate surface area is 96.9 Å². The first-order chi connectivity index (χ1) is 7.20. The monoisotopic (exact) mass is 224 g/mol. The van der Waals surface area contributed by atoms with Crippen molar-refractivity contribution < 1.29 is 14.9 Å². The van der Waals surface area contributed by atoms with Gasteiger partial charge in [-0.05, 0) is 40.7 Å². The Morgan fingerprint density at radius 2 is 1.56 bits per heavy atom. The van der Waals surface area contributed by atoms with Crippen molar-refractivity contribution in [1.82, 2.24) is 0 Å². The van der Waals surface area contributed by atoms with Crippen LogP contribution in [0.2, 0.25) is 0 Å². The molecule has 90 valence electrons. The molecule has 0 saturated heterocycles. The molecule has 0 aliphatic heterocycles. The summed E-state index contributed by atoms with van der Waals surface area (Å²) in [4.78, 5) is 10.5. The Hall–Kier alpha value is -1.06. The van der Waals surface area contributed by atoms with Gasteiger partial charge in [-0.3, -0.25) is 0 Å². The van der Waals surface area contributed by atoms with Crippen molar-refractivity contribution in [1.29, 1.82) is 0 Å². The number of hydrogen-bond donors (Lipinski definition) is 1. The maximum atomic E-state index is 9.96.